The molecule has 6 heteroatoms. The Hall–Kier alpha value is -2.50. The van der Waals surface area contributed by atoms with E-state index in [1.807, 2.05) is 0 Å². The van der Waals surface area contributed by atoms with Crippen molar-refractivity contribution in [1.29, 1.82) is 0 Å². The lowest BCUT2D eigenvalue weighted by Gasteiger charge is -2.11. The Morgan fingerprint density at radius 3 is 2.80 bits per heavy atom. The van der Waals surface area contributed by atoms with Crippen molar-refractivity contribution >= 4 is 5.97 Å². The van der Waals surface area contributed by atoms with Crippen molar-refractivity contribution in [2.45, 2.75) is 19.8 Å². The number of carboxylic acids is 1. The number of rotatable bonds is 4. The van der Waals surface area contributed by atoms with Crippen molar-refractivity contribution in [2.75, 3.05) is 0 Å². The van der Waals surface area contributed by atoms with Gasteiger partial charge >= 0.3 is 5.97 Å². The van der Waals surface area contributed by atoms with Crippen molar-refractivity contribution in [3.63, 3.8) is 0 Å². The molecule has 1 aromatic heterocycles. The van der Waals surface area contributed by atoms with Crippen LogP contribution in [0.4, 0.5) is 4.39 Å². The molecule has 0 aliphatic carbocycles. The second-order valence-electron chi connectivity index (χ2n) is 4.38. The molecular formula is C14H13FN2O3. The number of carboxylic acid groups (broad SMARTS) is 1. The number of hydrogen-bond donors (Lipinski definition) is 1. The molecule has 2 aromatic rings. The van der Waals surface area contributed by atoms with E-state index in [9.17, 15) is 14.0 Å². The van der Waals surface area contributed by atoms with Gasteiger partial charge in [-0.2, -0.15) is 5.10 Å². The summed E-state index contributed by atoms with van der Waals surface area (Å²) in [5, 5.41) is 12.8. The molecule has 5 nitrogen and oxygen atoms in total. The van der Waals surface area contributed by atoms with Crippen LogP contribution in [0, 0.1) is 12.7 Å². The van der Waals surface area contributed by atoms with Gasteiger partial charge < -0.3 is 5.11 Å². The molecule has 0 atom stereocenters. The first-order chi connectivity index (χ1) is 9.47. The van der Waals surface area contributed by atoms with E-state index in [-0.39, 0.29) is 24.0 Å². The molecule has 0 spiro atoms. The van der Waals surface area contributed by atoms with E-state index >= 15 is 0 Å². The molecule has 0 saturated heterocycles. The predicted molar refractivity (Wildman–Crippen MR) is 70.5 cm³/mol. The first-order valence-corrected chi connectivity index (χ1v) is 6.05. The summed E-state index contributed by atoms with van der Waals surface area (Å²) in [7, 11) is 0. The lowest BCUT2D eigenvalue weighted by Crippen LogP contribution is -2.19. The molecule has 1 heterocycles. The highest BCUT2D eigenvalue weighted by Crippen LogP contribution is 2.10. The maximum absolute atomic E-state index is 13.2. The normalized spacial score (nSPS) is 10.5. The van der Waals surface area contributed by atoms with Crippen LogP contribution in [0.15, 0.2) is 35.1 Å². The number of aromatic nitrogens is 2. The molecule has 0 saturated carbocycles. The molecular weight excluding hydrogens is 263 g/mol. The smallest absolute Gasteiger partial charge is 0.303 e. The molecule has 1 N–H and O–H groups in total. The van der Waals surface area contributed by atoms with Crippen molar-refractivity contribution < 1.29 is 14.3 Å². The third kappa shape index (κ3) is 3.09. The van der Waals surface area contributed by atoms with Crippen molar-refractivity contribution in [3.05, 3.63) is 57.8 Å². The first kappa shape index (κ1) is 13.9. The van der Waals surface area contributed by atoms with Crippen LogP contribution in [0.2, 0.25) is 0 Å². The van der Waals surface area contributed by atoms with Gasteiger partial charge in [0.25, 0.3) is 0 Å². The number of benzene rings is 1. The van der Waals surface area contributed by atoms with Gasteiger partial charge in [-0.3, -0.25) is 9.59 Å². The Kier molecular flexibility index (Phi) is 3.93. The Balaban J connectivity index is 2.46. The fourth-order valence-electron chi connectivity index (χ4n) is 1.85. The Bertz CT molecular complexity index is 710. The molecule has 0 aliphatic heterocycles. The molecule has 0 amide bonds. The summed E-state index contributed by atoms with van der Waals surface area (Å²) < 4.78 is 14.7. The molecule has 0 fully saturated rings. The highest BCUT2D eigenvalue weighted by molar-refractivity contribution is 5.66. The predicted octanol–water partition coefficient (Wildman–Crippen LogP) is 1.70. The van der Waals surface area contributed by atoms with Crippen LogP contribution >= 0.6 is 0 Å². The Labute approximate surface area is 114 Å². The summed E-state index contributed by atoms with van der Waals surface area (Å²) in [6.45, 7) is 1.68. The van der Waals surface area contributed by atoms with Gasteiger partial charge in [0.2, 0.25) is 5.43 Å². The van der Waals surface area contributed by atoms with Crippen LogP contribution in [0.25, 0.3) is 5.69 Å². The number of halogens is 1. The fraction of sp³-hybridized carbons (Fsp3) is 0.214. The Morgan fingerprint density at radius 1 is 1.40 bits per heavy atom. The average Bonchev–Trinajstić information content (AvgIpc) is 2.37. The van der Waals surface area contributed by atoms with Gasteiger partial charge in [0.15, 0.2) is 0 Å². The first-order valence-electron chi connectivity index (χ1n) is 6.05. The van der Waals surface area contributed by atoms with Gasteiger partial charge in [-0.1, -0.05) is 6.07 Å². The number of nitrogens with zero attached hydrogens (tertiary/aromatic N) is 2. The van der Waals surface area contributed by atoms with E-state index in [0.29, 0.717) is 11.4 Å². The van der Waals surface area contributed by atoms with Crippen LogP contribution in [0.5, 0.6) is 0 Å². The van der Waals surface area contributed by atoms with Gasteiger partial charge in [0.05, 0.1) is 12.1 Å². The zero-order valence-electron chi connectivity index (χ0n) is 10.8. The third-order valence-corrected chi connectivity index (χ3v) is 2.81. The second-order valence-corrected chi connectivity index (χ2v) is 4.38. The molecule has 0 aliphatic rings. The molecule has 2 rings (SSSR count). The van der Waals surface area contributed by atoms with Gasteiger partial charge in [-0.05, 0) is 25.1 Å². The molecule has 104 valence electrons. The minimum Gasteiger partial charge on any atom is -0.481 e. The summed E-state index contributed by atoms with van der Waals surface area (Å²) in [4.78, 5) is 22.3. The maximum Gasteiger partial charge on any atom is 0.303 e. The van der Waals surface area contributed by atoms with Crippen LogP contribution in [-0.2, 0) is 11.2 Å². The van der Waals surface area contributed by atoms with Gasteiger partial charge in [-0.25, -0.2) is 9.07 Å². The summed E-state index contributed by atoms with van der Waals surface area (Å²) in [6.07, 6.45) is -0.127. The topological polar surface area (TPSA) is 72.2 Å². The fourth-order valence-corrected chi connectivity index (χ4v) is 1.85. The van der Waals surface area contributed by atoms with E-state index in [0.717, 1.165) is 0 Å². The van der Waals surface area contributed by atoms with Gasteiger partial charge in [0.1, 0.15) is 11.5 Å². The van der Waals surface area contributed by atoms with E-state index in [4.69, 9.17) is 5.11 Å². The van der Waals surface area contributed by atoms with Crippen molar-refractivity contribution in [1.82, 2.24) is 9.78 Å². The lowest BCUT2D eigenvalue weighted by molar-refractivity contribution is -0.136. The second kappa shape index (κ2) is 5.64. The zero-order chi connectivity index (χ0) is 14.7. The van der Waals surface area contributed by atoms with Gasteiger partial charge in [-0.15, -0.1) is 0 Å². The standard InChI is InChI=1S/C14H13FN2O3/c1-9-7-13(18)12(5-6-14(19)20)16-17(9)11-4-2-3-10(15)8-11/h2-4,7-8H,5-6H2,1H3,(H,19,20). The largest absolute Gasteiger partial charge is 0.481 e. The summed E-state index contributed by atoms with van der Waals surface area (Å²) in [5.41, 5.74) is 0.886. The molecule has 0 unspecified atom stereocenters. The SMILES string of the molecule is Cc1cc(=O)c(CCC(=O)O)nn1-c1cccc(F)c1. The van der Waals surface area contributed by atoms with Crippen molar-refractivity contribution in [3.8, 4) is 5.69 Å². The number of hydrogen-bond acceptors (Lipinski definition) is 3. The molecule has 1 aromatic carbocycles. The number of aryl methyl sites for hydroxylation is 2. The lowest BCUT2D eigenvalue weighted by atomic mass is 10.2. The summed E-state index contributed by atoms with van der Waals surface area (Å²) >= 11 is 0. The molecule has 0 radical (unpaired) electrons. The highest BCUT2D eigenvalue weighted by Gasteiger charge is 2.09. The maximum atomic E-state index is 13.2. The Morgan fingerprint density at radius 2 is 2.15 bits per heavy atom. The van der Waals surface area contributed by atoms with E-state index < -0.39 is 11.8 Å². The third-order valence-electron chi connectivity index (χ3n) is 2.81. The van der Waals surface area contributed by atoms with Crippen LogP contribution in [0.3, 0.4) is 0 Å². The minimum absolute atomic E-state index is 0.0454. The zero-order valence-corrected chi connectivity index (χ0v) is 10.8. The number of carbonyl (C=O) groups is 1. The van der Waals surface area contributed by atoms with Crippen LogP contribution < -0.4 is 5.43 Å². The van der Waals surface area contributed by atoms with Gasteiger partial charge in [0, 0.05) is 18.2 Å². The van der Waals surface area contributed by atoms with E-state index in [1.165, 1.54) is 22.9 Å². The molecule has 0 bridgehead atoms. The summed E-state index contributed by atoms with van der Waals surface area (Å²) in [5.74, 6) is -1.40. The van der Waals surface area contributed by atoms with E-state index in [1.54, 1.807) is 19.1 Å². The number of aliphatic carboxylic acids is 1. The van der Waals surface area contributed by atoms with E-state index in [2.05, 4.69) is 5.10 Å². The van der Waals surface area contributed by atoms with Crippen LogP contribution in [0.1, 0.15) is 17.8 Å². The van der Waals surface area contributed by atoms with Crippen LogP contribution in [-0.4, -0.2) is 20.9 Å². The van der Waals surface area contributed by atoms with Crippen molar-refractivity contribution in [2.24, 2.45) is 0 Å². The quantitative estimate of drug-likeness (QED) is 0.922. The minimum atomic E-state index is -0.996. The molecule has 20 heavy (non-hydrogen) atoms. The monoisotopic (exact) mass is 276 g/mol. The highest BCUT2D eigenvalue weighted by atomic mass is 19.1. The average molecular weight is 276 g/mol. The summed E-state index contributed by atoms with van der Waals surface area (Å²) in [6, 6.07) is 7.18.